The summed E-state index contributed by atoms with van der Waals surface area (Å²) in [5.41, 5.74) is 0.764. The number of nitrogens with one attached hydrogen (secondary N) is 1. The second-order valence-corrected chi connectivity index (χ2v) is 9.22. The lowest BCUT2D eigenvalue weighted by molar-refractivity contribution is -0.0471. The Balaban J connectivity index is 1.32. The fourth-order valence-corrected chi connectivity index (χ4v) is 6.42. The van der Waals surface area contributed by atoms with Gasteiger partial charge < -0.3 is 9.73 Å². The summed E-state index contributed by atoms with van der Waals surface area (Å²) in [6.07, 6.45) is 14.2. The monoisotopic (exact) mass is 402 g/mol. The second kappa shape index (κ2) is 6.42. The van der Waals surface area contributed by atoms with Crippen molar-refractivity contribution >= 4 is 5.91 Å². The molecule has 0 aromatic carbocycles. The number of nitrogens with zero attached hydrogens (tertiary/aromatic N) is 5. The fraction of sp³-hybridized carbons (Fsp3) is 0.455. The minimum Gasteiger partial charge on any atom is -0.420 e. The van der Waals surface area contributed by atoms with E-state index in [1.54, 1.807) is 24.8 Å². The van der Waals surface area contributed by atoms with Crippen LogP contribution < -0.4 is 5.32 Å². The Morgan fingerprint density at radius 3 is 2.60 bits per heavy atom. The topological polar surface area (TPSA) is 107 Å². The Labute approximate surface area is 173 Å². The molecule has 7 rings (SSSR count). The molecule has 4 fully saturated rings. The molecule has 30 heavy (non-hydrogen) atoms. The van der Waals surface area contributed by atoms with Crippen molar-refractivity contribution in [2.75, 3.05) is 0 Å². The molecule has 4 aliphatic carbocycles. The van der Waals surface area contributed by atoms with Crippen LogP contribution in [0, 0.1) is 11.8 Å². The lowest BCUT2D eigenvalue weighted by atomic mass is 9.46. The van der Waals surface area contributed by atoms with E-state index in [2.05, 4.69) is 30.5 Å². The van der Waals surface area contributed by atoms with E-state index in [1.165, 1.54) is 12.6 Å². The number of hydrogen-bond acceptors (Lipinski definition) is 7. The normalized spacial score (nSPS) is 31.6. The number of aromatic nitrogens is 5. The maximum Gasteiger partial charge on any atom is 0.271 e. The van der Waals surface area contributed by atoms with E-state index in [0.717, 1.165) is 37.7 Å². The molecule has 4 aliphatic rings. The van der Waals surface area contributed by atoms with Gasteiger partial charge in [-0.1, -0.05) is 0 Å². The third kappa shape index (κ3) is 2.81. The van der Waals surface area contributed by atoms with Crippen LogP contribution in [0.15, 0.2) is 47.5 Å². The number of carbonyl (C=O) groups is 1. The van der Waals surface area contributed by atoms with Crippen LogP contribution in [-0.2, 0) is 5.41 Å². The molecule has 0 spiro atoms. The average molecular weight is 402 g/mol. The fourth-order valence-electron chi connectivity index (χ4n) is 6.42. The summed E-state index contributed by atoms with van der Waals surface area (Å²) in [5.74, 6) is 2.17. The average Bonchev–Trinajstić information content (AvgIpc) is 3.25. The zero-order valence-electron chi connectivity index (χ0n) is 16.5. The summed E-state index contributed by atoms with van der Waals surface area (Å²) in [6.45, 7) is 0. The van der Waals surface area contributed by atoms with Crippen LogP contribution in [-0.4, -0.2) is 36.6 Å². The third-order valence-corrected chi connectivity index (χ3v) is 7.02. The van der Waals surface area contributed by atoms with Crippen molar-refractivity contribution in [2.45, 2.75) is 49.5 Å². The zero-order valence-corrected chi connectivity index (χ0v) is 16.5. The standard InChI is InChI=1S/C22H22N6O2/c29-18(17-12-24-4-5-25-17)26-22-9-14-6-15(10-22)8-21(7-14,13-22)20-28-27-19(30-20)16-2-1-3-23-11-16/h1-5,11-12,14-15H,6-10,13H2,(H,26,29). The van der Waals surface area contributed by atoms with Crippen LogP contribution in [0.5, 0.6) is 0 Å². The number of carbonyl (C=O) groups excluding carboxylic acids is 1. The predicted molar refractivity (Wildman–Crippen MR) is 106 cm³/mol. The first-order valence-corrected chi connectivity index (χ1v) is 10.5. The molecule has 8 heteroatoms. The van der Waals surface area contributed by atoms with E-state index >= 15 is 0 Å². The van der Waals surface area contributed by atoms with Gasteiger partial charge in [0.05, 0.1) is 17.2 Å². The minimum absolute atomic E-state index is 0.151. The maximum absolute atomic E-state index is 12.9. The summed E-state index contributed by atoms with van der Waals surface area (Å²) in [4.78, 5) is 25.2. The molecular weight excluding hydrogens is 380 g/mol. The van der Waals surface area contributed by atoms with Gasteiger partial charge in [-0.25, -0.2) is 4.98 Å². The van der Waals surface area contributed by atoms with Crippen molar-refractivity contribution in [1.82, 2.24) is 30.5 Å². The quantitative estimate of drug-likeness (QED) is 0.715. The molecule has 0 aliphatic heterocycles. The van der Waals surface area contributed by atoms with Crippen molar-refractivity contribution in [2.24, 2.45) is 11.8 Å². The van der Waals surface area contributed by atoms with Gasteiger partial charge in [-0.3, -0.25) is 14.8 Å². The van der Waals surface area contributed by atoms with Crippen molar-refractivity contribution in [3.63, 3.8) is 0 Å². The van der Waals surface area contributed by atoms with Crippen molar-refractivity contribution in [1.29, 1.82) is 0 Å². The van der Waals surface area contributed by atoms with Gasteiger partial charge in [-0.2, -0.15) is 0 Å². The van der Waals surface area contributed by atoms with Gasteiger partial charge in [-0.15, -0.1) is 10.2 Å². The van der Waals surface area contributed by atoms with Gasteiger partial charge in [-0.05, 0) is 62.5 Å². The smallest absolute Gasteiger partial charge is 0.271 e. The van der Waals surface area contributed by atoms with Crippen LogP contribution in [0.2, 0.25) is 0 Å². The zero-order chi connectivity index (χ0) is 20.2. The molecule has 8 nitrogen and oxygen atoms in total. The second-order valence-electron chi connectivity index (χ2n) is 9.22. The van der Waals surface area contributed by atoms with Crippen molar-refractivity contribution < 1.29 is 9.21 Å². The van der Waals surface area contributed by atoms with Gasteiger partial charge >= 0.3 is 0 Å². The van der Waals surface area contributed by atoms with Crippen LogP contribution in [0.1, 0.15) is 54.9 Å². The Kier molecular flexibility index (Phi) is 3.78. The molecule has 2 unspecified atom stereocenters. The summed E-state index contributed by atoms with van der Waals surface area (Å²) in [7, 11) is 0. The van der Waals surface area contributed by atoms with Gasteiger partial charge in [0.1, 0.15) is 5.69 Å². The Hall–Kier alpha value is -3.16. The number of pyridine rings is 1. The first-order chi connectivity index (χ1) is 14.6. The molecule has 3 aromatic heterocycles. The molecule has 2 atom stereocenters. The summed E-state index contributed by atoms with van der Waals surface area (Å²) < 4.78 is 6.19. The molecule has 3 aromatic rings. The molecule has 4 saturated carbocycles. The highest BCUT2D eigenvalue weighted by atomic mass is 16.4. The Bertz CT molecular complexity index is 1070. The predicted octanol–water partition coefficient (Wildman–Crippen LogP) is 2.94. The Morgan fingerprint density at radius 1 is 1.03 bits per heavy atom. The van der Waals surface area contributed by atoms with E-state index < -0.39 is 0 Å². The van der Waals surface area contributed by atoms with Crippen molar-refractivity contribution in [3.8, 4) is 11.5 Å². The summed E-state index contributed by atoms with van der Waals surface area (Å²) >= 11 is 0. The van der Waals surface area contributed by atoms with E-state index in [0.29, 0.717) is 29.3 Å². The lowest BCUT2D eigenvalue weighted by Gasteiger charge is -2.60. The van der Waals surface area contributed by atoms with Gasteiger partial charge in [0, 0.05) is 30.3 Å². The molecular formula is C22H22N6O2. The summed E-state index contributed by atoms with van der Waals surface area (Å²) in [5, 5.41) is 12.1. The number of amides is 1. The SMILES string of the molecule is O=C(NC12CC3CC(C1)CC(c1nnc(-c4cccnc4)o1)(C3)C2)c1cnccn1. The minimum atomic E-state index is -0.248. The molecule has 1 N–H and O–H groups in total. The highest BCUT2D eigenvalue weighted by molar-refractivity contribution is 5.92. The van der Waals surface area contributed by atoms with Crippen LogP contribution in [0.3, 0.4) is 0 Å². The molecule has 152 valence electrons. The Morgan fingerprint density at radius 2 is 1.87 bits per heavy atom. The van der Waals surface area contributed by atoms with E-state index in [-0.39, 0.29) is 16.9 Å². The first kappa shape index (κ1) is 17.7. The van der Waals surface area contributed by atoms with Crippen LogP contribution >= 0.6 is 0 Å². The highest BCUT2D eigenvalue weighted by Gasteiger charge is 2.60. The van der Waals surface area contributed by atoms with E-state index in [1.807, 2.05) is 12.1 Å². The number of rotatable bonds is 4. The van der Waals surface area contributed by atoms with Crippen molar-refractivity contribution in [3.05, 3.63) is 54.7 Å². The van der Waals surface area contributed by atoms with Crippen LogP contribution in [0.25, 0.3) is 11.5 Å². The highest BCUT2D eigenvalue weighted by Crippen LogP contribution is 2.62. The lowest BCUT2D eigenvalue weighted by Crippen LogP contribution is -2.64. The van der Waals surface area contributed by atoms with Gasteiger partial charge in [0.15, 0.2) is 0 Å². The molecule has 3 heterocycles. The summed E-state index contributed by atoms with van der Waals surface area (Å²) in [6, 6.07) is 3.79. The van der Waals surface area contributed by atoms with Gasteiger partial charge in [0.25, 0.3) is 5.91 Å². The third-order valence-electron chi connectivity index (χ3n) is 7.02. The molecule has 4 bridgehead atoms. The van der Waals surface area contributed by atoms with Crippen LogP contribution in [0.4, 0.5) is 0 Å². The molecule has 1 amide bonds. The number of hydrogen-bond donors (Lipinski definition) is 1. The van der Waals surface area contributed by atoms with Gasteiger partial charge in [0.2, 0.25) is 11.8 Å². The first-order valence-electron chi connectivity index (χ1n) is 10.5. The van der Waals surface area contributed by atoms with E-state index in [9.17, 15) is 4.79 Å². The molecule has 0 radical (unpaired) electrons. The largest absolute Gasteiger partial charge is 0.420 e. The molecule has 0 saturated heterocycles. The van der Waals surface area contributed by atoms with E-state index in [4.69, 9.17) is 4.42 Å². The maximum atomic E-state index is 12.9.